The first kappa shape index (κ1) is 31.3. The van der Waals surface area contributed by atoms with Crippen LogP contribution in [0.3, 0.4) is 0 Å². The standard InChI is InChI=1S/C22H25.C11H13NSi.2ClH.Zr/c1-5-7-16-14-18-8-6-9-20(21(18)15-16)17-10-12-19(13-11-17)22(2,3)4;1-4-7-11-10-8(12-7)5-6-9(10)13(11,2)3;;;/h6,8-15H,5,7H2,1-4H3;5-6H,4H2,1-3H3;2*1H;/q;;;;+2/p-2. The van der Waals surface area contributed by atoms with Crippen LogP contribution in [0.5, 0.6) is 0 Å². The summed E-state index contributed by atoms with van der Waals surface area (Å²) in [4.78, 5) is 4.67. The van der Waals surface area contributed by atoms with E-state index in [4.69, 9.17) is 0 Å². The van der Waals surface area contributed by atoms with Gasteiger partial charge in [-0.2, -0.15) is 0 Å². The van der Waals surface area contributed by atoms with Gasteiger partial charge >= 0.3 is 156 Å². The number of hydrogen-bond donors (Lipinski definition) is 0. The van der Waals surface area contributed by atoms with Crippen molar-refractivity contribution in [1.82, 2.24) is 0 Å². The van der Waals surface area contributed by atoms with Crippen LogP contribution in [0.25, 0.3) is 17.2 Å². The third kappa shape index (κ3) is 5.26. The molecule has 4 aliphatic rings. The van der Waals surface area contributed by atoms with Crippen molar-refractivity contribution >= 4 is 19.9 Å². The Morgan fingerprint density at radius 3 is 2.24 bits per heavy atom. The van der Waals surface area contributed by atoms with Crippen molar-refractivity contribution in [3.05, 3.63) is 98.5 Å². The van der Waals surface area contributed by atoms with Gasteiger partial charge in [0.2, 0.25) is 0 Å². The van der Waals surface area contributed by atoms with Crippen LogP contribution >= 0.6 is 0 Å². The smallest absolute Gasteiger partial charge is 1.00 e. The molecule has 197 valence electrons. The maximum Gasteiger partial charge on any atom is -1.00 e. The van der Waals surface area contributed by atoms with Gasteiger partial charge in [-0.25, -0.2) is 0 Å². The number of rotatable bonds is 4. The zero-order valence-electron chi connectivity index (χ0n) is 23.7. The number of hydrogen-bond acceptors (Lipinski definition) is 1. The summed E-state index contributed by atoms with van der Waals surface area (Å²) >= 11 is 1.61. The minimum absolute atomic E-state index is 0. The van der Waals surface area contributed by atoms with Crippen LogP contribution in [0.15, 0.2) is 86.8 Å². The zero-order chi connectivity index (χ0) is 25.8. The molecular formula is C33H38Cl2NSiZr. The van der Waals surface area contributed by atoms with Crippen molar-refractivity contribution in [1.29, 1.82) is 0 Å². The zero-order valence-corrected chi connectivity index (χ0v) is 28.6. The summed E-state index contributed by atoms with van der Waals surface area (Å²) in [5.74, 6) is 0. The van der Waals surface area contributed by atoms with Gasteiger partial charge < -0.3 is 24.8 Å². The molecule has 1 nitrogen and oxygen atoms in total. The normalized spacial score (nSPS) is 19.4. The molecule has 0 saturated heterocycles. The van der Waals surface area contributed by atoms with E-state index in [0.717, 1.165) is 6.42 Å². The van der Waals surface area contributed by atoms with E-state index in [9.17, 15) is 0 Å². The predicted molar refractivity (Wildman–Crippen MR) is 155 cm³/mol. The molecule has 2 aromatic rings. The van der Waals surface area contributed by atoms with Crippen molar-refractivity contribution < 1.29 is 49.5 Å². The number of fused-ring (bicyclic) bond motifs is 1. The summed E-state index contributed by atoms with van der Waals surface area (Å²) in [6.07, 6.45) is 10.5. The fourth-order valence-electron chi connectivity index (χ4n) is 6.06. The molecule has 5 heteroatoms. The maximum atomic E-state index is 4.67. The Kier molecular flexibility index (Phi) is 9.63. The van der Waals surface area contributed by atoms with Crippen LogP contribution in [0, 0.1) is 0 Å². The monoisotopic (exact) mass is 636 g/mol. The van der Waals surface area contributed by atoms with E-state index in [0.29, 0.717) is 3.63 Å². The van der Waals surface area contributed by atoms with E-state index in [1.807, 2.05) is 0 Å². The van der Waals surface area contributed by atoms with Gasteiger partial charge in [0.15, 0.2) is 0 Å². The van der Waals surface area contributed by atoms with E-state index in [1.165, 1.54) is 57.6 Å². The van der Waals surface area contributed by atoms with E-state index in [2.05, 4.69) is 113 Å². The molecule has 0 N–H and O–H groups in total. The summed E-state index contributed by atoms with van der Waals surface area (Å²) in [5.41, 5.74) is 13.1. The van der Waals surface area contributed by atoms with Crippen molar-refractivity contribution in [2.24, 2.45) is 4.99 Å². The SMILES string of the molecule is CCC1=NC2=CC=C3C2=C1[Si]3(C)C.CCCC1=Cc2c(-c3ccc(C(C)(C)C)cc3)cccc2[CH]1[Zr+2].[Cl-].[Cl-]. The van der Waals surface area contributed by atoms with Crippen LogP contribution in [-0.2, 0) is 30.1 Å². The molecule has 0 amide bonds. The first-order valence-corrected chi connectivity index (χ1v) is 17.9. The fraction of sp³-hybridized carbons (Fsp3) is 0.364. The Morgan fingerprint density at radius 2 is 1.63 bits per heavy atom. The van der Waals surface area contributed by atoms with Crippen LogP contribution < -0.4 is 24.8 Å². The molecule has 2 aliphatic carbocycles. The Labute approximate surface area is 258 Å². The van der Waals surface area contributed by atoms with E-state index < -0.39 is 8.07 Å². The molecule has 0 bridgehead atoms. The van der Waals surface area contributed by atoms with Crippen molar-refractivity contribution in [3.8, 4) is 11.1 Å². The van der Waals surface area contributed by atoms with E-state index >= 15 is 0 Å². The van der Waals surface area contributed by atoms with Gasteiger partial charge in [0, 0.05) is 11.3 Å². The quantitative estimate of drug-likeness (QED) is 0.457. The Balaban J connectivity index is 0.000000227. The van der Waals surface area contributed by atoms with Gasteiger partial charge in [-0.05, 0) is 22.9 Å². The number of nitrogens with zero attached hydrogens (tertiary/aromatic N) is 1. The average molecular weight is 639 g/mol. The topological polar surface area (TPSA) is 12.4 Å². The Morgan fingerprint density at radius 1 is 0.947 bits per heavy atom. The second-order valence-electron chi connectivity index (χ2n) is 12.0. The molecule has 1 atom stereocenters. The molecule has 0 fully saturated rings. The van der Waals surface area contributed by atoms with Crippen LogP contribution in [0.1, 0.15) is 74.2 Å². The van der Waals surface area contributed by atoms with Gasteiger partial charge in [0.05, 0.1) is 5.70 Å². The molecule has 1 unspecified atom stereocenters. The van der Waals surface area contributed by atoms with Crippen molar-refractivity contribution in [2.45, 2.75) is 76.0 Å². The van der Waals surface area contributed by atoms with Crippen molar-refractivity contribution in [2.75, 3.05) is 0 Å². The first-order valence-electron chi connectivity index (χ1n) is 13.5. The van der Waals surface area contributed by atoms with E-state index in [1.54, 1.807) is 40.7 Å². The third-order valence-corrected chi connectivity index (χ3v) is 13.3. The number of halogens is 2. The molecule has 0 saturated carbocycles. The molecule has 38 heavy (non-hydrogen) atoms. The van der Waals surface area contributed by atoms with Gasteiger partial charge in [0.1, 0.15) is 8.07 Å². The van der Waals surface area contributed by atoms with Crippen LogP contribution in [-0.4, -0.2) is 13.8 Å². The summed E-state index contributed by atoms with van der Waals surface area (Å²) in [7, 11) is -1.19. The van der Waals surface area contributed by atoms with Gasteiger partial charge in [-0.3, -0.25) is 4.99 Å². The second kappa shape index (κ2) is 11.7. The molecule has 0 radical (unpaired) electrons. The summed E-state index contributed by atoms with van der Waals surface area (Å²) in [5, 5.41) is 3.27. The molecular weight excluding hydrogens is 601 g/mol. The number of allylic oxidation sites excluding steroid dienone is 5. The molecule has 2 heterocycles. The molecule has 2 aliphatic heterocycles. The maximum absolute atomic E-state index is 4.67. The molecule has 0 aromatic heterocycles. The Bertz CT molecular complexity index is 1390. The van der Waals surface area contributed by atoms with Crippen LogP contribution in [0.2, 0.25) is 13.1 Å². The van der Waals surface area contributed by atoms with Gasteiger partial charge in [-0.15, -0.1) is 0 Å². The largest absolute Gasteiger partial charge is 1.00 e. The number of aliphatic imine (C=N–C) groups is 1. The third-order valence-electron chi connectivity index (χ3n) is 8.11. The second-order valence-corrected chi connectivity index (χ2v) is 17.7. The average Bonchev–Trinajstić information content (AvgIpc) is 3.48. The van der Waals surface area contributed by atoms with E-state index in [-0.39, 0.29) is 30.2 Å². The first-order chi connectivity index (χ1) is 17.1. The summed E-state index contributed by atoms with van der Waals surface area (Å²) in [6, 6.07) is 16.0. The predicted octanol–water partition coefficient (Wildman–Crippen LogP) is 3.22. The molecule has 6 rings (SSSR count). The van der Waals surface area contributed by atoms with Gasteiger partial charge in [-0.1, -0.05) is 26.1 Å². The molecule has 0 spiro atoms. The minimum atomic E-state index is -1.19. The summed E-state index contributed by atoms with van der Waals surface area (Å²) in [6.45, 7) is 16.2. The summed E-state index contributed by atoms with van der Waals surface area (Å²) < 4.78 is 0.658. The minimum Gasteiger partial charge on any atom is -1.00 e. The van der Waals surface area contributed by atoms with Crippen LogP contribution in [0.4, 0.5) is 0 Å². The fourth-order valence-corrected chi connectivity index (χ4v) is 10.5. The Hall–Kier alpha value is -1.25. The number of benzene rings is 2. The van der Waals surface area contributed by atoms with Gasteiger partial charge in [0.25, 0.3) is 0 Å². The molecule has 2 aromatic carbocycles. The van der Waals surface area contributed by atoms with Crippen molar-refractivity contribution in [3.63, 3.8) is 0 Å².